The molecule has 66 valence electrons. The lowest BCUT2D eigenvalue weighted by Crippen LogP contribution is -2.03. The molecule has 0 bridgehead atoms. The minimum Gasteiger partial charge on any atom is -0.395 e. The third-order valence-electron chi connectivity index (χ3n) is 1.41. The average Bonchev–Trinajstić information content (AvgIpc) is 1.92. The van der Waals surface area contributed by atoms with Crippen LogP contribution in [0.1, 0.15) is 0 Å². The van der Waals surface area contributed by atoms with Crippen molar-refractivity contribution in [1.82, 2.24) is 0 Å². The number of sulfone groups is 1. The molecule has 0 fully saturated rings. The number of benzene rings is 1. The minimum atomic E-state index is -3.42. The standard InChI is InChI=1S/C7H8FNO2S/c1-12(10,11)6-4-2-3-5(8)7(6)9/h2-4H,9H2,1H3. The summed E-state index contributed by atoms with van der Waals surface area (Å²) in [6.45, 7) is 0. The van der Waals surface area contributed by atoms with E-state index in [0.717, 1.165) is 12.3 Å². The molecule has 0 spiro atoms. The Morgan fingerprint density at radius 2 is 2.00 bits per heavy atom. The van der Waals surface area contributed by atoms with Gasteiger partial charge in [-0.2, -0.15) is 0 Å². The molecule has 0 aliphatic rings. The van der Waals surface area contributed by atoms with E-state index in [1.807, 2.05) is 0 Å². The Morgan fingerprint density at radius 1 is 1.42 bits per heavy atom. The fourth-order valence-electron chi connectivity index (χ4n) is 0.841. The van der Waals surface area contributed by atoms with E-state index in [0.29, 0.717) is 0 Å². The zero-order valence-corrected chi connectivity index (χ0v) is 7.23. The molecule has 0 heterocycles. The first kappa shape index (κ1) is 8.99. The highest BCUT2D eigenvalue weighted by Crippen LogP contribution is 2.20. The Morgan fingerprint density at radius 3 is 2.42 bits per heavy atom. The van der Waals surface area contributed by atoms with Crippen LogP contribution in [0.4, 0.5) is 10.1 Å². The maximum atomic E-state index is 12.7. The van der Waals surface area contributed by atoms with Gasteiger partial charge in [0.05, 0.1) is 10.6 Å². The number of rotatable bonds is 1. The zero-order chi connectivity index (χ0) is 9.35. The summed E-state index contributed by atoms with van der Waals surface area (Å²) in [7, 11) is -3.42. The number of nitrogens with two attached hydrogens (primary N) is 1. The zero-order valence-electron chi connectivity index (χ0n) is 6.41. The number of para-hydroxylation sites is 1. The molecule has 0 saturated carbocycles. The summed E-state index contributed by atoms with van der Waals surface area (Å²) >= 11 is 0. The number of hydrogen-bond donors (Lipinski definition) is 1. The van der Waals surface area contributed by atoms with Crippen LogP contribution in [0.3, 0.4) is 0 Å². The first-order valence-corrected chi connectivity index (χ1v) is 5.06. The van der Waals surface area contributed by atoms with Crippen LogP contribution in [-0.4, -0.2) is 14.7 Å². The first-order valence-electron chi connectivity index (χ1n) is 3.17. The van der Waals surface area contributed by atoms with Crippen molar-refractivity contribution in [1.29, 1.82) is 0 Å². The van der Waals surface area contributed by atoms with E-state index < -0.39 is 15.7 Å². The molecule has 12 heavy (non-hydrogen) atoms. The highest BCUT2D eigenvalue weighted by atomic mass is 32.2. The third kappa shape index (κ3) is 1.55. The van der Waals surface area contributed by atoms with E-state index in [2.05, 4.69) is 0 Å². The minimum absolute atomic E-state index is 0.164. The number of nitrogen functional groups attached to an aromatic ring is 1. The van der Waals surface area contributed by atoms with Gasteiger partial charge in [-0.05, 0) is 12.1 Å². The lowest BCUT2D eigenvalue weighted by atomic mass is 10.3. The summed E-state index contributed by atoms with van der Waals surface area (Å²) in [5.74, 6) is -0.710. The van der Waals surface area contributed by atoms with E-state index >= 15 is 0 Å². The molecular weight excluding hydrogens is 181 g/mol. The molecule has 1 aromatic carbocycles. The lowest BCUT2D eigenvalue weighted by molar-refractivity contribution is 0.598. The summed E-state index contributed by atoms with van der Waals surface area (Å²) in [4.78, 5) is -0.164. The number of anilines is 1. The van der Waals surface area contributed by atoms with Gasteiger partial charge in [-0.3, -0.25) is 0 Å². The van der Waals surface area contributed by atoms with Crippen molar-refractivity contribution in [3.05, 3.63) is 24.0 Å². The molecular formula is C7H8FNO2S. The fourth-order valence-corrected chi connectivity index (χ4v) is 1.66. The lowest BCUT2D eigenvalue weighted by Gasteiger charge is -2.02. The first-order chi connectivity index (χ1) is 5.43. The van der Waals surface area contributed by atoms with Gasteiger partial charge in [-0.1, -0.05) is 6.07 Å². The molecule has 0 radical (unpaired) electrons. The molecule has 0 aromatic heterocycles. The van der Waals surface area contributed by atoms with E-state index in [1.165, 1.54) is 12.1 Å². The number of halogens is 1. The van der Waals surface area contributed by atoms with Crippen molar-refractivity contribution in [3.8, 4) is 0 Å². The van der Waals surface area contributed by atoms with Crippen LogP contribution in [0.15, 0.2) is 23.1 Å². The van der Waals surface area contributed by atoms with Crippen LogP contribution in [-0.2, 0) is 9.84 Å². The molecule has 2 N–H and O–H groups in total. The van der Waals surface area contributed by atoms with Crippen LogP contribution >= 0.6 is 0 Å². The molecule has 0 aliphatic carbocycles. The number of hydrogen-bond acceptors (Lipinski definition) is 3. The van der Waals surface area contributed by atoms with Gasteiger partial charge in [0.1, 0.15) is 5.82 Å². The van der Waals surface area contributed by atoms with Crippen LogP contribution in [0.25, 0.3) is 0 Å². The molecule has 0 aliphatic heterocycles. The van der Waals surface area contributed by atoms with Crippen LogP contribution in [0.2, 0.25) is 0 Å². The van der Waals surface area contributed by atoms with E-state index in [4.69, 9.17) is 5.73 Å². The summed E-state index contributed by atoms with van der Waals surface area (Å²) in [5.41, 5.74) is 4.90. The molecule has 1 aromatic rings. The quantitative estimate of drug-likeness (QED) is 0.665. The van der Waals surface area contributed by atoms with Crippen molar-refractivity contribution in [3.63, 3.8) is 0 Å². The predicted octanol–water partition coefficient (Wildman–Crippen LogP) is 0.811. The Kier molecular flexibility index (Phi) is 2.06. The summed E-state index contributed by atoms with van der Waals surface area (Å²) in [6.07, 6.45) is 0.984. The van der Waals surface area contributed by atoms with Gasteiger partial charge < -0.3 is 5.73 Å². The van der Waals surface area contributed by atoms with Crippen LogP contribution in [0.5, 0.6) is 0 Å². The second-order valence-corrected chi connectivity index (χ2v) is 4.41. The summed E-state index contributed by atoms with van der Waals surface area (Å²) in [5, 5.41) is 0. The molecule has 1 rings (SSSR count). The third-order valence-corrected chi connectivity index (χ3v) is 2.57. The topological polar surface area (TPSA) is 60.2 Å². The largest absolute Gasteiger partial charge is 0.395 e. The van der Waals surface area contributed by atoms with Gasteiger partial charge in [-0.15, -0.1) is 0 Å². The van der Waals surface area contributed by atoms with Crippen molar-refractivity contribution in [2.45, 2.75) is 4.90 Å². The fraction of sp³-hybridized carbons (Fsp3) is 0.143. The van der Waals surface area contributed by atoms with Crippen molar-refractivity contribution < 1.29 is 12.8 Å². The van der Waals surface area contributed by atoms with Crippen molar-refractivity contribution in [2.24, 2.45) is 0 Å². The predicted molar refractivity (Wildman–Crippen MR) is 43.9 cm³/mol. The second-order valence-electron chi connectivity index (χ2n) is 2.42. The van der Waals surface area contributed by atoms with Crippen molar-refractivity contribution >= 4 is 15.5 Å². The smallest absolute Gasteiger partial charge is 0.177 e. The summed E-state index contributed by atoms with van der Waals surface area (Å²) < 4.78 is 34.6. The molecule has 0 amide bonds. The summed E-state index contributed by atoms with van der Waals surface area (Å²) in [6, 6.07) is 3.69. The van der Waals surface area contributed by atoms with E-state index in [-0.39, 0.29) is 10.6 Å². The highest BCUT2D eigenvalue weighted by Gasteiger charge is 2.13. The van der Waals surface area contributed by atoms with E-state index in [9.17, 15) is 12.8 Å². The Labute approximate surface area is 69.9 Å². The van der Waals surface area contributed by atoms with Gasteiger partial charge in [-0.25, -0.2) is 12.8 Å². The van der Waals surface area contributed by atoms with Gasteiger partial charge in [0.2, 0.25) is 0 Å². The Hall–Kier alpha value is -1.10. The van der Waals surface area contributed by atoms with Gasteiger partial charge >= 0.3 is 0 Å². The monoisotopic (exact) mass is 189 g/mol. The van der Waals surface area contributed by atoms with Crippen LogP contribution in [0, 0.1) is 5.82 Å². The highest BCUT2D eigenvalue weighted by molar-refractivity contribution is 7.90. The Balaban J connectivity index is 3.47. The second kappa shape index (κ2) is 2.75. The molecule has 0 saturated heterocycles. The maximum Gasteiger partial charge on any atom is 0.177 e. The van der Waals surface area contributed by atoms with Gasteiger partial charge in [0, 0.05) is 6.26 Å². The van der Waals surface area contributed by atoms with Crippen molar-refractivity contribution in [2.75, 3.05) is 12.0 Å². The van der Waals surface area contributed by atoms with Crippen LogP contribution < -0.4 is 5.73 Å². The molecule has 0 atom stereocenters. The average molecular weight is 189 g/mol. The van der Waals surface area contributed by atoms with Gasteiger partial charge in [0.25, 0.3) is 0 Å². The molecule has 3 nitrogen and oxygen atoms in total. The Bertz CT molecular complexity index is 400. The molecule has 0 unspecified atom stereocenters. The molecule has 5 heteroatoms. The van der Waals surface area contributed by atoms with E-state index in [1.54, 1.807) is 0 Å². The normalized spacial score (nSPS) is 11.5. The van der Waals surface area contributed by atoms with Gasteiger partial charge in [0.15, 0.2) is 9.84 Å². The SMILES string of the molecule is CS(=O)(=O)c1cccc(F)c1N. The maximum absolute atomic E-state index is 12.7.